The van der Waals surface area contributed by atoms with E-state index in [4.69, 9.17) is 5.11 Å². The molecule has 0 radical (unpaired) electrons. The lowest BCUT2D eigenvalue weighted by Gasteiger charge is -2.33. The Morgan fingerprint density at radius 1 is 1.21 bits per heavy atom. The molecule has 0 bridgehead atoms. The maximum absolute atomic E-state index is 14.2. The van der Waals surface area contributed by atoms with Crippen LogP contribution in [0.25, 0.3) is 0 Å². The Morgan fingerprint density at radius 2 is 1.75 bits per heavy atom. The Labute approximate surface area is 137 Å². The SMILES string of the molecule is CCCC1CCC(C(F)(F)Oc2cc(F)c(C(=O)O)c(F)c2)CC1. The van der Waals surface area contributed by atoms with Gasteiger partial charge in [-0.3, -0.25) is 0 Å². The van der Waals surface area contributed by atoms with Crippen molar-refractivity contribution in [2.75, 3.05) is 0 Å². The molecular weight excluding hydrogens is 328 g/mol. The van der Waals surface area contributed by atoms with E-state index in [1.807, 2.05) is 6.92 Å². The minimum atomic E-state index is -3.55. The first-order valence-corrected chi connectivity index (χ1v) is 8.03. The predicted octanol–water partition coefficient (Wildman–Crippen LogP) is 5.24. The fraction of sp³-hybridized carbons (Fsp3) is 0.588. The molecule has 0 amide bonds. The Morgan fingerprint density at radius 3 is 2.21 bits per heavy atom. The van der Waals surface area contributed by atoms with Crippen molar-refractivity contribution >= 4 is 5.97 Å². The summed E-state index contributed by atoms with van der Waals surface area (Å²) in [5, 5.41) is 8.67. The van der Waals surface area contributed by atoms with Crippen molar-refractivity contribution in [3.05, 3.63) is 29.3 Å². The third kappa shape index (κ3) is 4.19. The van der Waals surface area contributed by atoms with E-state index in [9.17, 15) is 22.4 Å². The standard InChI is InChI=1S/C17H20F4O3/c1-2-3-10-4-6-11(7-5-10)17(20,21)24-12-8-13(18)15(16(22)23)14(19)9-12/h8-11H,2-7H2,1H3,(H,22,23). The number of halogens is 4. The van der Waals surface area contributed by atoms with Gasteiger partial charge in [0.2, 0.25) is 0 Å². The highest BCUT2D eigenvalue weighted by Crippen LogP contribution is 2.41. The van der Waals surface area contributed by atoms with Crippen LogP contribution in [0.5, 0.6) is 5.75 Å². The van der Waals surface area contributed by atoms with Crippen LogP contribution in [-0.2, 0) is 0 Å². The fourth-order valence-corrected chi connectivity index (χ4v) is 3.25. The molecule has 0 atom stereocenters. The van der Waals surface area contributed by atoms with Gasteiger partial charge in [-0.05, 0) is 31.6 Å². The van der Waals surface area contributed by atoms with Gasteiger partial charge in [0.25, 0.3) is 0 Å². The molecule has 2 rings (SSSR count). The molecule has 1 saturated carbocycles. The number of hydrogen-bond donors (Lipinski definition) is 1. The Kier molecular flexibility index (Phi) is 5.72. The van der Waals surface area contributed by atoms with E-state index in [1.54, 1.807) is 0 Å². The Bertz CT molecular complexity index is 572. The number of hydrogen-bond acceptors (Lipinski definition) is 2. The quantitative estimate of drug-likeness (QED) is 0.715. The van der Waals surface area contributed by atoms with E-state index >= 15 is 0 Å². The number of benzene rings is 1. The summed E-state index contributed by atoms with van der Waals surface area (Å²) in [5.41, 5.74) is -1.19. The van der Waals surface area contributed by atoms with Crippen LogP contribution in [0.15, 0.2) is 12.1 Å². The van der Waals surface area contributed by atoms with Gasteiger partial charge in [-0.15, -0.1) is 0 Å². The van der Waals surface area contributed by atoms with Crippen LogP contribution < -0.4 is 4.74 Å². The number of aromatic carboxylic acids is 1. The van der Waals surface area contributed by atoms with Gasteiger partial charge in [0, 0.05) is 12.1 Å². The lowest BCUT2D eigenvalue weighted by molar-refractivity contribution is -0.223. The van der Waals surface area contributed by atoms with Gasteiger partial charge in [0.05, 0.1) is 5.92 Å². The third-order valence-corrected chi connectivity index (χ3v) is 4.50. The van der Waals surface area contributed by atoms with Crippen molar-refractivity contribution in [1.82, 2.24) is 0 Å². The van der Waals surface area contributed by atoms with Crippen LogP contribution in [0.2, 0.25) is 0 Å². The first-order chi connectivity index (χ1) is 11.2. The summed E-state index contributed by atoms with van der Waals surface area (Å²) < 4.78 is 60.2. The van der Waals surface area contributed by atoms with Crippen molar-refractivity contribution in [2.24, 2.45) is 11.8 Å². The van der Waals surface area contributed by atoms with E-state index in [0.29, 0.717) is 30.9 Å². The molecular formula is C17H20F4O3. The van der Waals surface area contributed by atoms with E-state index < -0.39 is 40.9 Å². The zero-order valence-corrected chi connectivity index (χ0v) is 13.3. The molecule has 134 valence electrons. The summed E-state index contributed by atoms with van der Waals surface area (Å²) in [6.45, 7) is 2.05. The molecule has 24 heavy (non-hydrogen) atoms. The number of ether oxygens (including phenoxy) is 1. The third-order valence-electron chi connectivity index (χ3n) is 4.50. The first kappa shape index (κ1) is 18.5. The van der Waals surface area contributed by atoms with Gasteiger partial charge in [-0.25, -0.2) is 13.6 Å². The van der Waals surface area contributed by atoms with Crippen LogP contribution in [0.4, 0.5) is 17.6 Å². The van der Waals surface area contributed by atoms with Gasteiger partial charge in [-0.1, -0.05) is 19.8 Å². The van der Waals surface area contributed by atoms with Crippen molar-refractivity contribution in [1.29, 1.82) is 0 Å². The minimum absolute atomic E-state index is 0.288. The molecule has 0 aliphatic heterocycles. The van der Waals surface area contributed by atoms with Crippen LogP contribution in [0, 0.1) is 23.5 Å². The average Bonchev–Trinajstić information content (AvgIpc) is 2.46. The van der Waals surface area contributed by atoms with Crippen LogP contribution >= 0.6 is 0 Å². The molecule has 0 heterocycles. The zero-order valence-electron chi connectivity index (χ0n) is 13.3. The summed E-state index contributed by atoms with van der Waals surface area (Å²) in [6, 6.07) is 0.951. The molecule has 1 aliphatic carbocycles. The Hall–Kier alpha value is -1.79. The van der Waals surface area contributed by atoms with E-state index in [0.717, 1.165) is 12.8 Å². The number of carbonyl (C=O) groups is 1. The van der Waals surface area contributed by atoms with Gasteiger partial charge < -0.3 is 9.84 Å². The summed E-state index contributed by atoms with van der Waals surface area (Å²) in [7, 11) is 0. The number of carboxylic acids is 1. The molecule has 1 aliphatic rings. The molecule has 0 unspecified atom stereocenters. The molecule has 1 aromatic carbocycles. The van der Waals surface area contributed by atoms with Gasteiger partial charge in [-0.2, -0.15) is 8.78 Å². The summed E-state index contributed by atoms with van der Waals surface area (Å²) in [4.78, 5) is 10.7. The lowest BCUT2D eigenvalue weighted by atomic mass is 9.79. The topological polar surface area (TPSA) is 46.5 Å². The second kappa shape index (κ2) is 7.40. The van der Waals surface area contributed by atoms with E-state index in [-0.39, 0.29) is 12.8 Å². The van der Waals surface area contributed by atoms with Crippen LogP contribution in [0.3, 0.4) is 0 Å². The Balaban J connectivity index is 2.08. The van der Waals surface area contributed by atoms with Crippen molar-refractivity contribution in [3.63, 3.8) is 0 Å². The second-order valence-corrected chi connectivity index (χ2v) is 6.24. The fourth-order valence-electron chi connectivity index (χ4n) is 3.25. The van der Waals surface area contributed by atoms with Crippen LogP contribution in [0.1, 0.15) is 55.8 Å². The molecule has 0 saturated heterocycles. The smallest absolute Gasteiger partial charge is 0.400 e. The second-order valence-electron chi connectivity index (χ2n) is 6.24. The maximum atomic E-state index is 14.2. The molecule has 1 aromatic rings. The summed E-state index contributed by atoms with van der Waals surface area (Å²) in [6.07, 6.45) is 0.395. The number of carboxylic acid groups (broad SMARTS) is 1. The lowest BCUT2D eigenvalue weighted by Crippen LogP contribution is -2.37. The molecule has 0 aromatic heterocycles. The van der Waals surface area contributed by atoms with Gasteiger partial charge in [0.15, 0.2) is 0 Å². The highest BCUT2D eigenvalue weighted by Gasteiger charge is 2.44. The predicted molar refractivity (Wildman–Crippen MR) is 79.2 cm³/mol. The summed E-state index contributed by atoms with van der Waals surface area (Å²) in [5.74, 6) is -5.99. The molecule has 0 spiro atoms. The van der Waals surface area contributed by atoms with Gasteiger partial charge >= 0.3 is 12.1 Å². The molecule has 1 N–H and O–H groups in total. The number of rotatable bonds is 6. The highest BCUT2D eigenvalue weighted by atomic mass is 19.3. The van der Waals surface area contributed by atoms with Crippen molar-refractivity contribution < 1.29 is 32.2 Å². The minimum Gasteiger partial charge on any atom is -0.477 e. The summed E-state index contributed by atoms with van der Waals surface area (Å²) >= 11 is 0. The van der Waals surface area contributed by atoms with Crippen molar-refractivity contribution in [3.8, 4) is 5.75 Å². The maximum Gasteiger partial charge on any atom is 0.400 e. The number of alkyl halides is 2. The van der Waals surface area contributed by atoms with Gasteiger partial charge in [0.1, 0.15) is 22.9 Å². The van der Waals surface area contributed by atoms with E-state index in [1.165, 1.54) is 0 Å². The molecule has 1 fully saturated rings. The van der Waals surface area contributed by atoms with E-state index in [2.05, 4.69) is 4.74 Å². The highest BCUT2D eigenvalue weighted by molar-refractivity contribution is 5.88. The molecule has 3 nitrogen and oxygen atoms in total. The normalized spacial score (nSPS) is 21.5. The van der Waals surface area contributed by atoms with Crippen LogP contribution in [-0.4, -0.2) is 17.2 Å². The van der Waals surface area contributed by atoms with Crippen molar-refractivity contribution in [2.45, 2.75) is 51.6 Å². The molecule has 7 heteroatoms. The zero-order chi connectivity index (χ0) is 17.9. The first-order valence-electron chi connectivity index (χ1n) is 8.03. The largest absolute Gasteiger partial charge is 0.477 e. The monoisotopic (exact) mass is 348 g/mol. The average molecular weight is 348 g/mol.